The molecule has 0 bridgehead atoms. The number of hydrogen-bond acceptors (Lipinski definition) is 1. The highest BCUT2D eigenvalue weighted by atomic mass is 127. The number of nitrogens with zero attached hydrogens (tertiary/aromatic N) is 1. The molecule has 0 aliphatic rings. The Morgan fingerprint density at radius 1 is 1.27 bits per heavy atom. The molecule has 0 spiro atoms. The predicted octanol–water partition coefficient (Wildman–Crippen LogP) is -1.74. The first-order valence-corrected chi connectivity index (χ1v) is 3.20. The van der Waals surface area contributed by atoms with E-state index in [2.05, 4.69) is 0 Å². The van der Waals surface area contributed by atoms with Gasteiger partial charge in [0.05, 0.1) is 0 Å². The molecule has 0 saturated carbocycles. The van der Waals surface area contributed by atoms with Crippen LogP contribution in [0.2, 0.25) is 0 Å². The lowest BCUT2D eigenvalue weighted by Crippen LogP contribution is -3.00. The van der Waals surface area contributed by atoms with Crippen LogP contribution >= 0.6 is 0 Å². The maximum absolute atomic E-state index is 5.21. The van der Waals surface area contributed by atoms with Gasteiger partial charge in [-0.3, -0.25) is 0 Å². The van der Waals surface area contributed by atoms with Crippen LogP contribution in [0.25, 0.3) is 11.1 Å². The number of para-hydroxylation sites is 2. The van der Waals surface area contributed by atoms with E-state index >= 15 is 0 Å². The van der Waals surface area contributed by atoms with Crippen LogP contribution < -0.4 is 28.5 Å². The van der Waals surface area contributed by atoms with Crippen molar-refractivity contribution in [1.82, 2.24) is 0 Å². The van der Waals surface area contributed by atoms with E-state index in [4.69, 9.17) is 4.42 Å². The second kappa shape index (κ2) is 3.21. The molecule has 1 heterocycles. The van der Waals surface area contributed by atoms with Gasteiger partial charge in [0.2, 0.25) is 5.58 Å². The van der Waals surface area contributed by atoms with Crippen LogP contribution in [0.1, 0.15) is 0 Å². The summed E-state index contributed by atoms with van der Waals surface area (Å²) in [6, 6.07) is 7.94. The van der Waals surface area contributed by atoms with Crippen LogP contribution in [0.15, 0.2) is 35.1 Å². The number of hydrogen-bond donors (Lipinski definition) is 0. The zero-order valence-corrected chi connectivity index (χ0v) is 8.28. The Kier molecular flexibility index (Phi) is 2.49. The molecular weight excluding hydrogens is 253 g/mol. The summed E-state index contributed by atoms with van der Waals surface area (Å²) in [5.41, 5.74) is 2.06. The molecule has 0 fully saturated rings. The lowest BCUT2D eigenvalue weighted by Gasteiger charge is -1.78. The molecule has 0 saturated heterocycles. The van der Waals surface area contributed by atoms with Crippen molar-refractivity contribution in [2.45, 2.75) is 0 Å². The Hall–Kier alpha value is -0.580. The topological polar surface area (TPSA) is 17.0 Å². The van der Waals surface area contributed by atoms with E-state index in [1.165, 1.54) is 0 Å². The van der Waals surface area contributed by atoms with Crippen molar-refractivity contribution in [1.29, 1.82) is 0 Å². The number of aryl methyl sites for hydroxylation is 1. The molecule has 3 heteroatoms. The van der Waals surface area contributed by atoms with E-state index < -0.39 is 0 Å². The van der Waals surface area contributed by atoms with Crippen molar-refractivity contribution in [2.75, 3.05) is 0 Å². The van der Waals surface area contributed by atoms with Crippen molar-refractivity contribution in [3.8, 4) is 0 Å². The first-order valence-electron chi connectivity index (χ1n) is 3.20. The van der Waals surface area contributed by atoms with E-state index in [9.17, 15) is 0 Å². The number of oxazole rings is 1. The summed E-state index contributed by atoms with van der Waals surface area (Å²) in [6.07, 6.45) is 1.70. The monoisotopic (exact) mass is 261 g/mol. The van der Waals surface area contributed by atoms with Gasteiger partial charge in [0, 0.05) is 6.07 Å². The number of benzene rings is 1. The average molecular weight is 261 g/mol. The molecule has 2 aromatic rings. The standard InChI is InChI=1S/C8H8NO.HI/c1-9-6-10-8-5-3-2-4-7(8)9;/h2-6H,1H3;1H/q+1;/p-1. The highest BCUT2D eigenvalue weighted by molar-refractivity contribution is 5.67. The zero-order valence-electron chi connectivity index (χ0n) is 6.12. The molecule has 2 rings (SSSR count). The van der Waals surface area contributed by atoms with Crippen molar-refractivity contribution >= 4 is 11.1 Å². The molecule has 58 valence electrons. The second-order valence-corrected chi connectivity index (χ2v) is 2.30. The van der Waals surface area contributed by atoms with Gasteiger partial charge in [0.25, 0.3) is 5.52 Å². The van der Waals surface area contributed by atoms with Gasteiger partial charge < -0.3 is 28.4 Å². The van der Waals surface area contributed by atoms with Gasteiger partial charge in [-0.15, -0.1) is 0 Å². The van der Waals surface area contributed by atoms with Gasteiger partial charge in [-0.1, -0.05) is 12.1 Å². The van der Waals surface area contributed by atoms with E-state index in [0.717, 1.165) is 11.1 Å². The number of aromatic nitrogens is 1. The van der Waals surface area contributed by atoms with Crippen molar-refractivity contribution in [3.63, 3.8) is 0 Å². The van der Waals surface area contributed by atoms with E-state index in [1.54, 1.807) is 6.39 Å². The number of halogens is 1. The van der Waals surface area contributed by atoms with Gasteiger partial charge in [0.15, 0.2) is 0 Å². The summed E-state index contributed by atoms with van der Waals surface area (Å²) < 4.78 is 7.17. The molecule has 1 aromatic carbocycles. The SMILES string of the molecule is C[n+]1coc2ccccc21.[I-]. The third-order valence-corrected chi connectivity index (χ3v) is 1.58. The van der Waals surface area contributed by atoms with Crippen LogP contribution in [0.4, 0.5) is 0 Å². The fourth-order valence-electron chi connectivity index (χ4n) is 1.04. The van der Waals surface area contributed by atoms with Gasteiger partial charge in [-0.25, -0.2) is 0 Å². The summed E-state index contributed by atoms with van der Waals surface area (Å²) in [6.45, 7) is 0. The van der Waals surface area contributed by atoms with Crippen molar-refractivity contribution < 1.29 is 33.0 Å². The van der Waals surface area contributed by atoms with E-state index in [-0.39, 0.29) is 24.0 Å². The quantitative estimate of drug-likeness (QED) is 0.406. The van der Waals surface area contributed by atoms with Gasteiger partial charge in [0.1, 0.15) is 7.05 Å². The minimum Gasteiger partial charge on any atom is -1.00 e. The smallest absolute Gasteiger partial charge is 0.335 e. The van der Waals surface area contributed by atoms with Crippen LogP contribution in [-0.4, -0.2) is 0 Å². The summed E-state index contributed by atoms with van der Waals surface area (Å²) in [4.78, 5) is 0. The molecule has 0 radical (unpaired) electrons. The van der Waals surface area contributed by atoms with Crippen LogP contribution in [0.3, 0.4) is 0 Å². The summed E-state index contributed by atoms with van der Waals surface area (Å²) >= 11 is 0. The van der Waals surface area contributed by atoms with Gasteiger partial charge in [-0.05, 0) is 6.07 Å². The molecule has 0 amide bonds. The second-order valence-electron chi connectivity index (χ2n) is 2.30. The largest absolute Gasteiger partial charge is 1.00 e. The predicted molar refractivity (Wildman–Crippen MR) is 37.4 cm³/mol. The maximum atomic E-state index is 5.21. The molecular formula is C8H8INO. The Labute approximate surface area is 81.8 Å². The Balaban J connectivity index is 0.000000605. The van der Waals surface area contributed by atoms with Crippen LogP contribution in [0, 0.1) is 0 Å². The minimum absolute atomic E-state index is 0. The van der Waals surface area contributed by atoms with Crippen LogP contribution in [0.5, 0.6) is 0 Å². The Morgan fingerprint density at radius 2 is 2.00 bits per heavy atom. The summed E-state index contributed by atoms with van der Waals surface area (Å²) in [7, 11) is 1.96. The first-order chi connectivity index (χ1) is 4.88. The highest BCUT2D eigenvalue weighted by Gasteiger charge is 2.05. The fraction of sp³-hybridized carbons (Fsp3) is 0.125. The van der Waals surface area contributed by atoms with Crippen molar-refractivity contribution in [2.24, 2.45) is 7.05 Å². The molecule has 0 unspecified atom stereocenters. The van der Waals surface area contributed by atoms with Gasteiger partial charge in [-0.2, -0.15) is 4.57 Å². The summed E-state index contributed by atoms with van der Waals surface area (Å²) in [5, 5.41) is 0. The maximum Gasteiger partial charge on any atom is 0.335 e. The fourth-order valence-corrected chi connectivity index (χ4v) is 1.04. The normalized spacial score (nSPS) is 9.55. The molecule has 0 aliphatic heterocycles. The minimum atomic E-state index is 0. The van der Waals surface area contributed by atoms with E-state index in [0.29, 0.717) is 0 Å². The average Bonchev–Trinajstić information content (AvgIpc) is 2.34. The number of fused-ring (bicyclic) bond motifs is 1. The third-order valence-electron chi connectivity index (χ3n) is 1.58. The summed E-state index contributed by atoms with van der Waals surface area (Å²) in [5.74, 6) is 0. The molecule has 1 aromatic heterocycles. The lowest BCUT2D eigenvalue weighted by molar-refractivity contribution is -0.650. The molecule has 0 atom stereocenters. The highest BCUT2D eigenvalue weighted by Crippen LogP contribution is 2.07. The Morgan fingerprint density at radius 3 is 2.73 bits per heavy atom. The van der Waals surface area contributed by atoms with Gasteiger partial charge >= 0.3 is 6.39 Å². The zero-order chi connectivity index (χ0) is 6.97. The van der Waals surface area contributed by atoms with Crippen molar-refractivity contribution in [3.05, 3.63) is 30.7 Å². The molecule has 11 heavy (non-hydrogen) atoms. The molecule has 0 N–H and O–H groups in total. The van der Waals surface area contributed by atoms with Crippen LogP contribution in [-0.2, 0) is 7.05 Å². The Bertz CT molecular complexity index is 356. The first kappa shape index (κ1) is 8.52. The molecule has 0 aliphatic carbocycles. The number of rotatable bonds is 0. The lowest BCUT2D eigenvalue weighted by atomic mass is 10.3. The third kappa shape index (κ3) is 1.38. The molecule has 2 nitrogen and oxygen atoms in total. The van der Waals surface area contributed by atoms with E-state index in [1.807, 2.05) is 35.9 Å².